The van der Waals surface area contributed by atoms with Crippen LogP contribution in [-0.2, 0) is 20.4 Å². The highest BCUT2D eigenvalue weighted by atomic mass is 32.2. The lowest BCUT2D eigenvalue weighted by Gasteiger charge is -2.42. The molecule has 7 nitrogen and oxygen atoms in total. The highest BCUT2D eigenvalue weighted by Gasteiger charge is 2.48. The first-order valence-electron chi connectivity index (χ1n) is 8.15. The number of sulfonamides is 1. The van der Waals surface area contributed by atoms with Crippen molar-refractivity contribution in [2.75, 3.05) is 27.2 Å². The van der Waals surface area contributed by atoms with Crippen molar-refractivity contribution in [3.63, 3.8) is 0 Å². The van der Waals surface area contributed by atoms with E-state index < -0.39 is 15.6 Å². The third kappa shape index (κ3) is 3.07. The maximum Gasteiger partial charge on any atom is 0.251 e. The second-order valence-corrected chi connectivity index (χ2v) is 8.37. The van der Waals surface area contributed by atoms with Crippen LogP contribution in [0.15, 0.2) is 53.7 Å². The number of amides is 1. The summed E-state index contributed by atoms with van der Waals surface area (Å²) in [5.74, 6) is -0.149. The van der Waals surface area contributed by atoms with E-state index in [-0.39, 0.29) is 17.3 Å². The molecule has 0 saturated carbocycles. The number of nitrogens with zero attached hydrogens (tertiary/aromatic N) is 4. The van der Waals surface area contributed by atoms with E-state index in [0.29, 0.717) is 19.4 Å². The average molecular weight is 362 g/mol. The van der Waals surface area contributed by atoms with Gasteiger partial charge < -0.3 is 4.90 Å². The number of piperidine rings is 1. The summed E-state index contributed by atoms with van der Waals surface area (Å²) in [6, 6.07) is 10.1. The van der Waals surface area contributed by atoms with E-state index in [0.717, 1.165) is 0 Å². The van der Waals surface area contributed by atoms with Gasteiger partial charge in [0.05, 0.1) is 4.90 Å². The summed E-state index contributed by atoms with van der Waals surface area (Å²) in [5.41, 5.74) is -1.02. The lowest BCUT2D eigenvalue weighted by atomic mass is 9.88. The molecule has 1 fully saturated rings. The number of benzene rings is 1. The van der Waals surface area contributed by atoms with Crippen molar-refractivity contribution in [2.24, 2.45) is 0 Å². The topological polar surface area (TPSA) is 75.5 Å². The standard InChI is InChI=1S/C17H22N4O3S/c1-19(2)16(22)17(21-13-7-11-18-21)10-6-12-20(14-17)25(23,24)15-8-4-3-5-9-15/h3-5,7-9,11,13H,6,10,12,14H2,1-2H3. The Labute approximate surface area is 147 Å². The Kier molecular flexibility index (Phi) is 4.66. The predicted octanol–water partition coefficient (Wildman–Crippen LogP) is 1.15. The molecule has 1 aliphatic rings. The molecule has 1 amide bonds. The number of hydrogen-bond acceptors (Lipinski definition) is 4. The van der Waals surface area contributed by atoms with Gasteiger partial charge in [0.2, 0.25) is 10.0 Å². The van der Waals surface area contributed by atoms with Crippen LogP contribution in [0.2, 0.25) is 0 Å². The molecule has 134 valence electrons. The Morgan fingerprint density at radius 3 is 2.52 bits per heavy atom. The van der Waals surface area contributed by atoms with Gasteiger partial charge >= 0.3 is 0 Å². The average Bonchev–Trinajstić information content (AvgIpc) is 3.17. The van der Waals surface area contributed by atoms with Gasteiger partial charge in [0.1, 0.15) is 0 Å². The van der Waals surface area contributed by atoms with Crippen molar-refractivity contribution in [2.45, 2.75) is 23.3 Å². The molecule has 0 N–H and O–H groups in total. The quantitative estimate of drug-likeness (QED) is 0.818. The van der Waals surface area contributed by atoms with Crippen molar-refractivity contribution in [3.05, 3.63) is 48.8 Å². The molecule has 8 heteroatoms. The highest BCUT2D eigenvalue weighted by molar-refractivity contribution is 7.89. The smallest absolute Gasteiger partial charge is 0.251 e. The Bertz CT molecular complexity index is 834. The van der Waals surface area contributed by atoms with Crippen LogP contribution in [0.5, 0.6) is 0 Å². The molecule has 0 aliphatic carbocycles. The summed E-state index contributed by atoms with van der Waals surface area (Å²) >= 11 is 0. The molecule has 1 aromatic heterocycles. The Morgan fingerprint density at radius 2 is 1.92 bits per heavy atom. The van der Waals surface area contributed by atoms with Gasteiger partial charge in [-0.25, -0.2) is 8.42 Å². The van der Waals surface area contributed by atoms with Crippen LogP contribution in [0.3, 0.4) is 0 Å². The predicted molar refractivity (Wildman–Crippen MR) is 93.3 cm³/mol. The Hall–Kier alpha value is -2.19. The van der Waals surface area contributed by atoms with Crippen molar-refractivity contribution < 1.29 is 13.2 Å². The van der Waals surface area contributed by atoms with Crippen molar-refractivity contribution in [1.29, 1.82) is 0 Å². The summed E-state index contributed by atoms with van der Waals surface area (Å²) in [5, 5.41) is 4.25. The van der Waals surface area contributed by atoms with Crippen LogP contribution >= 0.6 is 0 Å². The number of rotatable bonds is 4. The van der Waals surface area contributed by atoms with E-state index in [1.54, 1.807) is 67.6 Å². The molecule has 0 bridgehead atoms. The van der Waals surface area contributed by atoms with Crippen molar-refractivity contribution in [3.8, 4) is 0 Å². The van der Waals surface area contributed by atoms with Gasteiger partial charge in [0.15, 0.2) is 5.54 Å². The first kappa shape index (κ1) is 17.6. The summed E-state index contributed by atoms with van der Waals surface area (Å²) < 4.78 is 29.0. The van der Waals surface area contributed by atoms with Gasteiger partial charge in [-0.3, -0.25) is 9.48 Å². The number of aromatic nitrogens is 2. The lowest BCUT2D eigenvalue weighted by Crippen LogP contribution is -2.59. The SMILES string of the molecule is CN(C)C(=O)C1(n2cccn2)CCCN(S(=O)(=O)c2ccccc2)C1. The number of hydrogen-bond donors (Lipinski definition) is 0. The van der Waals surface area contributed by atoms with Crippen LogP contribution in [0.25, 0.3) is 0 Å². The molecule has 1 atom stereocenters. The van der Waals surface area contributed by atoms with E-state index in [1.165, 1.54) is 9.21 Å². The molecule has 25 heavy (non-hydrogen) atoms. The highest BCUT2D eigenvalue weighted by Crippen LogP contribution is 2.33. The molecule has 0 spiro atoms. The molecular formula is C17H22N4O3S. The van der Waals surface area contributed by atoms with Crippen LogP contribution in [0.4, 0.5) is 0 Å². The second kappa shape index (κ2) is 6.61. The maximum atomic E-state index is 13.0. The fraction of sp³-hybridized carbons (Fsp3) is 0.412. The van der Waals surface area contributed by atoms with Crippen LogP contribution in [0, 0.1) is 0 Å². The number of likely N-dealkylation sites (N-methyl/N-ethyl adjacent to an activating group) is 1. The minimum absolute atomic E-state index is 0.0723. The van der Waals surface area contributed by atoms with Gasteiger partial charge in [-0.2, -0.15) is 9.40 Å². The fourth-order valence-corrected chi connectivity index (χ4v) is 4.89. The summed E-state index contributed by atoms with van der Waals surface area (Å²) in [7, 11) is -0.304. The molecule has 0 radical (unpaired) electrons. The normalized spacial score (nSPS) is 21.8. The fourth-order valence-electron chi connectivity index (χ4n) is 3.34. The molecule has 1 aliphatic heterocycles. The Morgan fingerprint density at radius 1 is 1.20 bits per heavy atom. The third-order valence-corrected chi connectivity index (χ3v) is 6.42. The minimum atomic E-state index is -3.66. The molecular weight excluding hydrogens is 340 g/mol. The minimum Gasteiger partial charge on any atom is -0.347 e. The van der Waals surface area contributed by atoms with E-state index >= 15 is 0 Å². The summed E-state index contributed by atoms with van der Waals surface area (Å²) in [4.78, 5) is 14.7. The maximum absolute atomic E-state index is 13.0. The summed E-state index contributed by atoms with van der Waals surface area (Å²) in [6.07, 6.45) is 4.47. The van der Waals surface area contributed by atoms with Crippen LogP contribution in [-0.4, -0.2) is 60.5 Å². The number of carbonyl (C=O) groups is 1. The van der Waals surface area contributed by atoms with Crippen LogP contribution < -0.4 is 0 Å². The molecule has 1 unspecified atom stereocenters. The summed E-state index contributed by atoms with van der Waals surface area (Å²) in [6.45, 7) is 0.462. The third-order valence-electron chi connectivity index (χ3n) is 4.56. The second-order valence-electron chi connectivity index (χ2n) is 6.44. The lowest BCUT2D eigenvalue weighted by molar-refractivity contribution is -0.141. The van der Waals surface area contributed by atoms with Crippen molar-refractivity contribution >= 4 is 15.9 Å². The van der Waals surface area contributed by atoms with E-state index in [9.17, 15) is 13.2 Å². The molecule has 3 rings (SSSR count). The van der Waals surface area contributed by atoms with Gasteiger partial charge in [-0.15, -0.1) is 0 Å². The monoisotopic (exact) mass is 362 g/mol. The molecule has 2 heterocycles. The first-order chi connectivity index (χ1) is 11.9. The van der Waals surface area contributed by atoms with E-state index in [4.69, 9.17) is 0 Å². The van der Waals surface area contributed by atoms with Gasteiger partial charge in [-0.1, -0.05) is 18.2 Å². The van der Waals surface area contributed by atoms with Crippen molar-refractivity contribution in [1.82, 2.24) is 19.0 Å². The van der Waals surface area contributed by atoms with Crippen LogP contribution in [0.1, 0.15) is 12.8 Å². The Balaban J connectivity index is 2.02. The van der Waals surface area contributed by atoms with Gasteiger partial charge in [-0.05, 0) is 31.0 Å². The van der Waals surface area contributed by atoms with E-state index in [1.807, 2.05) is 0 Å². The first-order valence-corrected chi connectivity index (χ1v) is 9.59. The zero-order valence-corrected chi connectivity index (χ0v) is 15.2. The molecule has 2 aromatic rings. The largest absolute Gasteiger partial charge is 0.347 e. The number of carbonyl (C=O) groups excluding carboxylic acids is 1. The molecule has 1 aromatic carbocycles. The van der Waals surface area contributed by atoms with Gasteiger partial charge in [0, 0.05) is 39.6 Å². The van der Waals surface area contributed by atoms with E-state index in [2.05, 4.69) is 5.10 Å². The zero-order chi connectivity index (χ0) is 18.1. The van der Waals surface area contributed by atoms with Gasteiger partial charge in [0.25, 0.3) is 5.91 Å². The zero-order valence-electron chi connectivity index (χ0n) is 14.4. The molecule has 1 saturated heterocycles.